The number of hydrogen-bond acceptors (Lipinski definition) is 4. The van der Waals surface area contributed by atoms with Crippen molar-refractivity contribution >= 4 is 10.0 Å². The van der Waals surface area contributed by atoms with Crippen LogP contribution < -0.4 is 5.73 Å². The summed E-state index contributed by atoms with van der Waals surface area (Å²) in [5.41, 5.74) is 8.52. The molecule has 5 nitrogen and oxygen atoms in total. The highest BCUT2D eigenvalue weighted by Crippen LogP contribution is 2.31. The predicted molar refractivity (Wildman–Crippen MR) is 86.0 cm³/mol. The van der Waals surface area contributed by atoms with Gasteiger partial charge in [-0.15, -0.1) is 0 Å². The standard InChI is InChI=1S/C16H24N2O3S/c17-16-14-7-3-2-6-13(14)12-15(16)21-10-11-22(19,20)18-8-4-1-5-9-18/h2-3,6-7,15-16H,1,4-5,8-12,17H2/t15-,16+/m1/s1. The lowest BCUT2D eigenvalue weighted by atomic mass is 10.1. The average molecular weight is 324 g/mol. The number of sulfonamides is 1. The summed E-state index contributed by atoms with van der Waals surface area (Å²) >= 11 is 0. The van der Waals surface area contributed by atoms with E-state index in [1.54, 1.807) is 4.31 Å². The predicted octanol–water partition coefficient (Wildman–Crippen LogP) is 1.44. The number of fused-ring (bicyclic) bond motifs is 1. The first kappa shape index (κ1) is 15.9. The van der Waals surface area contributed by atoms with Gasteiger partial charge in [-0.1, -0.05) is 30.7 Å². The van der Waals surface area contributed by atoms with E-state index < -0.39 is 10.0 Å². The van der Waals surface area contributed by atoms with Crippen LogP contribution in [0.4, 0.5) is 0 Å². The van der Waals surface area contributed by atoms with E-state index in [9.17, 15) is 8.42 Å². The van der Waals surface area contributed by atoms with Gasteiger partial charge in [0.05, 0.1) is 24.5 Å². The highest BCUT2D eigenvalue weighted by atomic mass is 32.2. The third-order valence-corrected chi connectivity index (χ3v) is 6.45. The first-order valence-corrected chi connectivity index (χ1v) is 9.62. The van der Waals surface area contributed by atoms with Crippen LogP contribution in [0, 0.1) is 0 Å². The maximum absolute atomic E-state index is 12.3. The molecule has 2 atom stereocenters. The van der Waals surface area contributed by atoms with E-state index in [2.05, 4.69) is 6.07 Å². The number of nitrogens with zero attached hydrogens (tertiary/aromatic N) is 1. The van der Waals surface area contributed by atoms with Crippen molar-refractivity contribution in [3.05, 3.63) is 35.4 Å². The van der Waals surface area contributed by atoms with Crippen LogP contribution in [0.2, 0.25) is 0 Å². The molecule has 1 aromatic carbocycles. The molecule has 1 heterocycles. The van der Waals surface area contributed by atoms with Crippen molar-refractivity contribution in [1.82, 2.24) is 4.31 Å². The Balaban J connectivity index is 1.52. The summed E-state index contributed by atoms with van der Waals surface area (Å²) in [5, 5.41) is 0. The molecule has 3 rings (SSSR count). The van der Waals surface area contributed by atoms with Gasteiger partial charge in [-0.3, -0.25) is 0 Å². The molecule has 1 aliphatic carbocycles. The second-order valence-corrected chi connectivity index (χ2v) is 8.20. The summed E-state index contributed by atoms with van der Waals surface area (Å²) in [6, 6.07) is 7.89. The summed E-state index contributed by atoms with van der Waals surface area (Å²) < 4.78 is 31.9. The Bertz CT molecular complexity index is 612. The van der Waals surface area contributed by atoms with Gasteiger partial charge < -0.3 is 10.5 Å². The highest BCUT2D eigenvalue weighted by Gasteiger charge is 2.31. The number of nitrogens with two attached hydrogens (primary N) is 1. The van der Waals surface area contributed by atoms with Crippen LogP contribution in [0.15, 0.2) is 24.3 Å². The van der Waals surface area contributed by atoms with Gasteiger partial charge in [0.15, 0.2) is 0 Å². The van der Waals surface area contributed by atoms with Gasteiger partial charge in [-0.05, 0) is 24.0 Å². The first-order valence-electron chi connectivity index (χ1n) is 8.01. The Kier molecular flexibility index (Phi) is 4.82. The summed E-state index contributed by atoms with van der Waals surface area (Å²) in [5.74, 6) is 0.0482. The molecule has 1 aliphatic heterocycles. The molecular weight excluding hydrogens is 300 g/mol. The van der Waals surface area contributed by atoms with E-state index in [0.29, 0.717) is 13.1 Å². The molecule has 122 valence electrons. The number of hydrogen-bond donors (Lipinski definition) is 1. The van der Waals surface area contributed by atoms with Gasteiger partial charge in [-0.2, -0.15) is 0 Å². The molecule has 2 N–H and O–H groups in total. The Morgan fingerprint density at radius 3 is 2.64 bits per heavy atom. The van der Waals surface area contributed by atoms with Gasteiger partial charge in [-0.25, -0.2) is 12.7 Å². The molecule has 22 heavy (non-hydrogen) atoms. The number of benzene rings is 1. The molecular formula is C16H24N2O3S. The zero-order chi connectivity index (χ0) is 15.6. The topological polar surface area (TPSA) is 72.6 Å². The van der Waals surface area contributed by atoms with Crippen LogP contribution in [0.3, 0.4) is 0 Å². The minimum atomic E-state index is -3.19. The maximum Gasteiger partial charge on any atom is 0.216 e. The van der Waals surface area contributed by atoms with Crippen LogP contribution in [-0.4, -0.2) is 44.3 Å². The highest BCUT2D eigenvalue weighted by molar-refractivity contribution is 7.89. The number of piperidine rings is 1. The smallest absolute Gasteiger partial charge is 0.216 e. The molecule has 2 aliphatic rings. The molecule has 1 fully saturated rings. The molecule has 0 amide bonds. The third kappa shape index (κ3) is 3.35. The molecule has 0 radical (unpaired) electrons. The Morgan fingerprint density at radius 1 is 1.18 bits per heavy atom. The second kappa shape index (κ2) is 6.66. The lowest BCUT2D eigenvalue weighted by molar-refractivity contribution is 0.0536. The fourth-order valence-corrected chi connectivity index (χ4v) is 4.71. The van der Waals surface area contributed by atoms with Gasteiger partial charge >= 0.3 is 0 Å². The zero-order valence-electron chi connectivity index (χ0n) is 12.8. The minimum Gasteiger partial charge on any atom is -0.375 e. The van der Waals surface area contributed by atoms with Crippen molar-refractivity contribution in [2.75, 3.05) is 25.4 Å². The van der Waals surface area contributed by atoms with Crippen LogP contribution in [0.5, 0.6) is 0 Å². The lowest BCUT2D eigenvalue weighted by Gasteiger charge is -2.26. The van der Waals surface area contributed by atoms with E-state index in [4.69, 9.17) is 10.5 Å². The number of rotatable bonds is 5. The van der Waals surface area contributed by atoms with Crippen molar-refractivity contribution in [2.24, 2.45) is 5.73 Å². The van der Waals surface area contributed by atoms with Crippen LogP contribution >= 0.6 is 0 Å². The van der Waals surface area contributed by atoms with Crippen molar-refractivity contribution in [3.8, 4) is 0 Å². The Morgan fingerprint density at radius 2 is 1.91 bits per heavy atom. The average Bonchev–Trinajstić information content (AvgIpc) is 2.85. The molecule has 6 heteroatoms. The van der Waals surface area contributed by atoms with E-state index in [-0.39, 0.29) is 24.5 Å². The van der Waals surface area contributed by atoms with Crippen LogP contribution in [0.25, 0.3) is 0 Å². The molecule has 1 aromatic rings. The number of ether oxygens (including phenoxy) is 1. The summed E-state index contributed by atoms with van der Waals surface area (Å²) in [6.07, 6.45) is 3.69. The molecule has 1 saturated heterocycles. The summed E-state index contributed by atoms with van der Waals surface area (Å²) in [4.78, 5) is 0. The maximum atomic E-state index is 12.3. The fourth-order valence-electron chi connectivity index (χ4n) is 3.33. The zero-order valence-corrected chi connectivity index (χ0v) is 13.6. The molecule has 0 bridgehead atoms. The summed E-state index contributed by atoms with van der Waals surface area (Å²) in [7, 11) is -3.19. The van der Waals surface area contributed by atoms with Crippen molar-refractivity contribution in [1.29, 1.82) is 0 Å². The van der Waals surface area contributed by atoms with E-state index in [1.165, 1.54) is 5.56 Å². The monoisotopic (exact) mass is 324 g/mol. The van der Waals surface area contributed by atoms with Crippen LogP contribution in [-0.2, 0) is 21.2 Å². The van der Waals surface area contributed by atoms with E-state index in [1.807, 2.05) is 18.2 Å². The second-order valence-electron chi connectivity index (χ2n) is 6.11. The van der Waals surface area contributed by atoms with Gasteiger partial charge in [0, 0.05) is 19.5 Å². The largest absolute Gasteiger partial charge is 0.375 e. The molecule has 0 spiro atoms. The third-order valence-electron chi connectivity index (χ3n) is 4.62. The van der Waals surface area contributed by atoms with Crippen LogP contribution in [0.1, 0.15) is 36.4 Å². The normalized spacial score (nSPS) is 26.0. The SMILES string of the molecule is N[C@H]1c2ccccc2C[C@H]1OCCS(=O)(=O)N1CCCCC1. The molecule has 0 saturated carbocycles. The van der Waals surface area contributed by atoms with Gasteiger partial charge in [0.2, 0.25) is 10.0 Å². The van der Waals surface area contributed by atoms with Crippen molar-refractivity contribution < 1.29 is 13.2 Å². The quantitative estimate of drug-likeness (QED) is 0.889. The van der Waals surface area contributed by atoms with Gasteiger partial charge in [0.1, 0.15) is 0 Å². The first-order chi connectivity index (χ1) is 10.6. The van der Waals surface area contributed by atoms with Gasteiger partial charge in [0.25, 0.3) is 0 Å². The fraction of sp³-hybridized carbons (Fsp3) is 0.625. The van der Waals surface area contributed by atoms with E-state index >= 15 is 0 Å². The Labute approximate surface area is 132 Å². The molecule has 0 unspecified atom stereocenters. The summed E-state index contributed by atoms with van der Waals surface area (Å²) in [6.45, 7) is 1.51. The minimum absolute atomic E-state index is 0.0482. The van der Waals surface area contributed by atoms with Crippen molar-refractivity contribution in [2.45, 2.75) is 37.8 Å². The van der Waals surface area contributed by atoms with Crippen molar-refractivity contribution in [3.63, 3.8) is 0 Å². The Hall–Kier alpha value is -0.950. The lowest BCUT2D eigenvalue weighted by Crippen LogP contribution is -2.38. The molecule has 0 aromatic heterocycles. The van der Waals surface area contributed by atoms with E-state index in [0.717, 1.165) is 31.2 Å².